The van der Waals surface area contributed by atoms with Crippen LogP contribution in [0.2, 0.25) is 0 Å². The molecule has 0 bridgehead atoms. The van der Waals surface area contributed by atoms with E-state index in [-0.39, 0.29) is 18.6 Å². The lowest BCUT2D eigenvalue weighted by molar-refractivity contribution is 0.0600. The van der Waals surface area contributed by atoms with Crippen molar-refractivity contribution in [3.8, 4) is 17.6 Å². The van der Waals surface area contributed by atoms with Crippen LogP contribution >= 0.6 is 0 Å². The summed E-state index contributed by atoms with van der Waals surface area (Å²) >= 11 is 0. The first-order valence-electron chi connectivity index (χ1n) is 12.4. The highest BCUT2D eigenvalue weighted by atomic mass is 16.5. The molecule has 0 radical (unpaired) electrons. The van der Waals surface area contributed by atoms with Crippen LogP contribution in [0.25, 0.3) is 10.9 Å². The van der Waals surface area contributed by atoms with Crippen LogP contribution in [0.4, 0.5) is 0 Å². The van der Waals surface area contributed by atoms with E-state index in [9.17, 15) is 14.7 Å². The molecule has 1 amide bonds. The van der Waals surface area contributed by atoms with Crippen LogP contribution < -0.4 is 10.1 Å². The Hall–Kier alpha value is -4.54. The number of aromatic amines is 1. The van der Waals surface area contributed by atoms with Crippen molar-refractivity contribution in [2.24, 2.45) is 0 Å². The second-order valence-electron chi connectivity index (χ2n) is 9.11. The third kappa shape index (κ3) is 6.41. The Labute approximate surface area is 221 Å². The quantitative estimate of drug-likeness (QED) is 0.240. The van der Waals surface area contributed by atoms with E-state index in [1.165, 1.54) is 7.11 Å². The number of fused-ring (bicyclic) bond motifs is 1. The van der Waals surface area contributed by atoms with Gasteiger partial charge >= 0.3 is 5.97 Å². The number of nitrogens with one attached hydrogen (secondary N) is 2. The normalized spacial score (nSPS) is 11.5. The van der Waals surface area contributed by atoms with Gasteiger partial charge in [-0.05, 0) is 74.4 Å². The Bertz CT molecular complexity index is 1490. The number of para-hydroxylation sites is 1. The van der Waals surface area contributed by atoms with Gasteiger partial charge in [0.25, 0.3) is 5.91 Å². The maximum Gasteiger partial charge on any atom is 0.337 e. The van der Waals surface area contributed by atoms with E-state index in [4.69, 9.17) is 9.47 Å². The third-order valence-electron chi connectivity index (χ3n) is 5.94. The smallest absolute Gasteiger partial charge is 0.337 e. The summed E-state index contributed by atoms with van der Waals surface area (Å²) < 4.78 is 10.6. The number of rotatable bonds is 8. The molecular formula is C31H30N2O5. The molecule has 4 rings (SSSR count). The summed E-state index contributed by atoms with van der Waals surface area (Å²) in [6, 6.07) is 19.4. The lowest BCUT2D eigenvalue weighted by Gasteiger charge is -2.19. The van der Waals surface area contributed by atoms with Crippen LogP contribution in [0.1, 0.15) is 51.3 Å². The van der Waals surface area contributed by atoms with E-state index in [0.29, 0.717) is 34.4 Å². The molecule has 0 saturated heterocycles. The van der Waals surface area contributed by atoms with Crippen LogP contribution in [-0.2, 0) is 11.2 Å². The monoisotopic (exact) mass is 510 g/mol. The van der Waals surface area contributed by atoms with Crippen LogP contribution in [0.5, 0.6) is 5.75 Å². The standard InChI is InChI=1S/C31H30N2O5/c1-20(2)38-29-15-12-22(9-8-21-10-13-23(14-11-21)31(36)37-3)16-27(29)30(35)33-25(19-34)17-24-18-32-28-7-5-4-6-26(24)28/h4-7,10-16,18,20,25,32,34H,17,19H2,1-3H3,(H,33,35)/t25-/m1/s1. The maximum atomic E-state index is 13.4. The Morgan fingerprint density at radius 1 is 1.00 bits per heavy atom. The molecule has 1 aromatic heterocycles. The number of hydrogen-bond donors (Lipinski definition) is 3. The van der Waals surface area contributed by atoms with E-state index in [0.717, 1.165) is 16.5 Å². The summed E-state index contributed by atoms with van der Waals surface area (Å²) in [4.78, 5) is 28.2. The average Bonchev–Trinajstić information content (AvgIpc) is 3.34. The highest BCUT2D eigenvalue weighted by molar-refractivity contribution is 5.97. The Kier molecular flexibility index (Phi) is 8.47. The minimum absolute atomic E-state index is 0.133. The van der Waals surface area contributed by atoms with Gasteiger partial charge in [-0.15, -0.1) is 0 Å². The number of methoxy groups -OCH3 is 1. The molecule has 0 fully saturated rings. The predicted molar refractivity (Wildman–Crippen MR) is 146 cm³/mol. The first-order valence-corrected chi connectivity index (χ1v) is 12.4. The van der Waals surface area contributed by atoms with Gasteiger partial charge in [-0.3, -0.25) is 4.79 Å². The summed E-state index contributed by atoms with van der Waals surface area (Å²) in [5.74, 6) is 5.79. The molecule has 1 heterocycles. The van der Waals surface area contributed by atoms with Crippen LogP contribution in [0.3, 0.4) is 0 Å². The summed E-state index contributed by atoms with van der Waals surface area (Å²) in [6.45, 7) is 3.56. The van der Waals surface area contributed by atoms with Crippen molar-refractivity contribution in [1.82, 2.24) is 10.3 Å². The zero-order valence-electron chi connectivity index (χ0n) is 21.6. The van der Waals surface area contributed by atoms with Crippen molar-refractivity contribution >= 4 is 22.8 Å². The van der Waals surface area contributed by atoms with Crippen molar-refractivity contribution in [3.05, 3.63) is 101 Å². The number of aromatic nitrogens is 1. The molecule has 0 aliphatic heterocycles. The lowest BCUT2D eigenvalue weighted by Crippen LogP contribution is -2.39. The van der Waals surface area contributed by atoms with Gasteiger partial charge < -0.3 is 24.9 Å². The fourth-order valence-corrected chi connectivity index (χ4v) is 4.08. The summed E-state index contributed by atoms with van der Waals surface area (Å²) in [6.07, 6.45) is 2.24. The molecule has 38 heavy (non-hydrogen) atoms. The molecule has 3 aromatic carbocycles. The molecule has 0 spiro atoms. The van der Waals surface area contributed by atoms with Gasteiger partial charge in [-0.2, -0.15) is 0 Å². The zero-order valence-corrected chi connectivity index (χ0v) is 21.6. The van der Waals surface area contributed by atoms with E-state index in [2.05, 4.69) is 22.1 Å². The number of amides is 1. The molecule has 7 nitrogen and oxygen atoms in total. The average molecular weight is 511 g/mol. The maximum absolute atomic E-state index is 13.4. The van der Waals surface area contributed by atoms with E-state index < -0.39 is 12.0 Å². The molecular weight excluding hydrogens is 480 g/mol. The molecule has 0 unspecified atom stereocenters. The number of aliphatic hydroxyl groups is 1. The van der Waals surface area contributed by atoms with Crippen molar-refractivity contribution in [2.75, 3.05) is 13.7 Å². The molecule has 194 valence electrons. The van der Waals surface area contributed by atoms with Gasteiger partial charge in [0.1, 0.15) is 5.75 Å². The molecule has 0 saturated carbocycles. The Morgan fingerprint density at radius 3 is 2.42 bits per heavy atom. The van der Waals surface area contributed by atoms with Gasteiger partial charge in [0.2, 0.25) is 0 Å². The van der Waals surface area contributed by atoms with E-state index in [1.807, 2.05) is 44.3 Å². The van der Waals surface area contributed by atoms with E-state index >= 15 is 0 Å². The van der Waals surface area contributed by atoms with Crippen LogP contribution in [0, 0.1) is 11.8 Å². The van der Waals surface area contributed by atoms with Gasteiger partial charge in [-0.1, -0.05) is 30.0 Å². The van der Waals surface area contributed by atoms with Gasteiger partial charge in [0, 0.05) is 28.2 Å². The number of hydrogen-bond acceptors (Lipinski definition) is 5. The zero-order chi connectivity index (χ0) is 27.1. The first-order chi connectivity index (χ1) is 18.4. The Morgan fingerprint density at radius 2 is 1.71 bits per heavy atom. The van der Waals surface area contributed by atoms with Gasteiger partial charge in [0.15, 0.2) is 0 Å². The van der Waals surface area contributed by atoms with Crippen LogP contribution in [0.15, 0.2) is 72.9 Å². The van der Waals surface area contributed by atoms with Gasteiger partial charge in [0.05, 0.1) is 37.0 Å². The number of carbonyl (C=O) groups excluding carboxylic acids is 2. The summed E-state index contributed by atoms with van der Waals surface area (Å²) in [5, 5.41) is 14.0. The SMILES string of the molecule is COC(=O)c1ccc(C#Cc2ccc(OC(C)C)c(C(=O)N[C@@H](CO)Cc3c[nH]c4ccccc34)c2)cc1. The highest BCUT2D eigenvalue weighted by Gasteiger charge is 2.19. The second-order valence-corrected chi connectivity index (χ2v) is 9.11. The van der Waals surface area contributed by atoms with Crippen molar-refractivity contribution in [2.45, 2.75) is 32.4 Å². The minimum Gasteiger partial charge on any atom is -0.490 e. The fraction of sp³-hybridized carbons (Fsp3) is 0.226. The van der Waals surface area contributed by atoms with Crippen molar-refractivity contribution in [3.63, 3.8) is 0 Å². The minimum atomic E-state index is -0.489. The lowest BCUT2D eigenvalue weighted by atomic mass is 10.0. The predicted octanol–water partition coefficient (Wildman–Crippen LogP) is 4.47. The molecule has 0 aliphatic carbocycles. The fourth-order valence-electron chi connectivity index (χ4n) is 4.08. The molecule has 1 atom stereocenters. The summed E-state index contributed by atoms with van der Waals surface area (Å²) in [7, 11) is 1.33. The largest absolute Gasteiger partial charge is 0.490 e. The first kappa shape index (κ1) is 26.5. The molecule has 3 N–H and O–H groups in total. The third-order valence-corrected chi connectivity index (χ3v) is 5.94. The molecule has 4 aromatic rings. The number of carbonyl (C=O) groups is 2. The topological polar surface area (TPSA) is 101 Å². The summed E-state index contributed by atoms with van der Waals surface area (Å²) in [5.41, 5.74) is 4.13. The van der Waals surface area contributed by atoms with Gasteiger partial charge in [-0.25, -0.2) is 4.79 Å². The molecule has 7 heteroatoms. The highest BCUT2D eigenvalue weighted by Crippen LogP contribution is 2.23. The second kappa shape index (κ2) is 12.1. The number of benzene rings is 3. The number of aliphatic hydroxyl groups excluding tert-OH is 1. The number of H-pyrrole nitrogens is 1. The molecule has 0 aliphatic rings. The van der Waals surface area contributed by atoms with Crippen LogP contribution in [-0.4, -0.2) is 47.8 Å². The Balaban J connectivity index is 1.55. The van der Waals surface area contributed by atoms with Crippen molar-refractivity contribution in [1.29, 1.82) is 0 Å². The number of esters is 1. The van der Waals surface area contributed by atoms with E-state index in [1.54, 1.807) is 42.5 Å². The van der Waals surface area contributed by atoms with Crippen molar-refractivity contribution < 1.29 is 24.2 Å². The number of ether oxygens (including phenoxy) is 2.